The zero-order valence-electron chi connectivity index (χ0n) is 8.44. The molecular formula is C10H15F2NS. The molecule has 0 saturated carbocycles. The van der Waals surface area contributed by atoms with Crippen LogP contribution in [-0.4, -0.2) is 13.0 Å². The zero-order valence-corrected chi connectivity index (χ0v) is 9.26. The Kier molecular flexibility index (Phi) is 4.48. The van der Waals surface area contributed by atoms with Crippen LogP contribution in [0.1, 0.15) is 22.9 Å². The number of alkyl halides is 2. The fourth-order valence-corrected chi connectivity index (χ4v) is 2.43. The average molecular weight is 219 g/mol. The Morgan fingerprint density at radius 2 is 2.21 bits per heavy atom. The van der Waals surface area contributed by atoms with Gasteiger partial charge in [-0.15, -0.1) is 11.3 Å². The summed E-state index contributed by atoms with van der Waals surface area (Å²) in [5.74, 6) is 0. The first kappa shape index (κ1) is 11.6. The van der Waals surface area contributed by atoms with E-state index in [1.54, 1.807) is 11.3 Å². The van der Waals surface area contributed by atoms with Gasteiger partial charge in [0.25, 0.3) is 6.43 Å². The second kappa shape index (κ2) is 5.41. The summed E-state index contributed by atoms with van der Waals surface area (Å²) in [5.41, 5.74) is 2.47. The SMILES string of the molecule is CCc1c(CNCC(F)F)csc1C. The number of halogens is 2. The first-order valence-corrected chi connectivity index (χ1v) is 5.57. The number of rotatable bonds is 5. The number of hydrogen-bond donors (Lipinski definition) is 1. The Morgan fingerprint density at radius 3 is 2.79 bits per heavy atom. The summed E-state index contributed by atoms with van der Waals surface area (Å²) in [6, 6.07) is 0. The topological polar surface area (TPSA) is 12.0 Å². The van der Waals surface area contributed by atoms with E-state index in [9.17, 15) is 8.78 Å². The van der Waals surface area contributed by atoms with Crippen molar-refractivity contribution in [1.82, 2.24) is 5.32 Å². The quantitative estimate of drug-likeness (QED) is 0.802. The van der Waals surface area contributed by atoms with E-state index in [4.69, 9.17) is 0 Å². The molecule has 0 aromatic carbocycles. The molecule has 0 spiro atoms. The number of aryl methyl sites for hydroxylation is 1. The van der Waals surface area contributed by atoms with Crippen molar-refractivity contribution < 1.29 is 8.78 Å². The third-order valence-electron chi connectivity index (χ3n) is 2.16. The molecule has 0 fully saturated rings. The van der Waals surface area contributed by atoms with E-state index in [0.29, 0.717) is 6.54 Å². The maximum Gasteiger partial charge on any atom is 0.250 e. The van der Waals surface area contributed by atoms with Crippen LogP contribution in [0, 0.1) is 6.92 Å². The third kappa shape index (κ3) is 3.03. The number of thiophene rings is 1. The summed E-state index contributed by atoms with van der Waals surface area (Å²) < 4.78 is 23.7. The lowest BCUT2D eigenvalue weighted by atomic mass is 10.1. The molecule has 1 nitrogen and oxygen atoms in total. The minimum absolute atomic E-state index is 0.224. The monoisotopic (exact) mass is 219 g/mol. The van der Waals surface area contributed by atoms with Gasteiger partial charge in [0.1, 0.15) is 0 Å². The first-order chi connectivity index (χ1) is 6.65. The van der Waals surface area contributed by atoms with Gasteiger partial charge in [0.2, 0.25) is 0 Å². The van der Waals surface area contributed by atoms with Crippen LogP contribution in [-0.2, 0) is 13.0 Å². The van der Waals surface area contributed by atoms with Crippen LogP contribution in [0.5, 0.6) is 0 Å². The van der Waals surface area contributed by atoms with Gasteiger partial charge in [-0.3, -0.25) is 0 Å². The van der Waals surface area contributed by atoms with Gasteiger partial charge in [0.05, 0.1) is 6.54 Å². The highest BCUT2D eigenvalue weighted by Gasteiger charge is 2.07. The lowest BCUT2D eigenvalue weighted by Gasteiger charge is -2.05. The zero-order chi connectivity index (χ0) is 10.6. The van der Waals surface area contributed by atoms with Gasteiger partial charge in [0, 0.05) is 11.4 Å². The molecule has 0 aliphatic carbocycles. The molecule has 80 valence electrons. The molecule has 0 radical (unpaired) electrons. The van der Waals surface area contributed by atoms with Gasteiger partial charge >= 0.3 is 0 Å². The van der Waals surface area contributed by atoms with Gasteiger partial charge in [-0.05, 0) is 29.9 Å². The average Bonchev–Trinajstić information content (AvgIpc) is 2.46. The smallest absolute Gasteiger partial charge is 0.250 e. The van der Waals surface area contributed by atoms with E-state index < -0.39 is 6.43 Å². The van der Waals surface area contributed by atoms with Gasteiger partial charge in [-0.25, -0.2) is 8.78 Å². The van der Waals surface area contributed by atoms with E-state index >= 15 is 0 Å². The molecule has 0 aliphatic rings. The molecule has 0 saturated heterocycles. The Bertz CT molecular complexity index is 284. The highest BCUT2D eigenvalue weighted by atomic mass is 32.1. The lowest BCUT2D eigenvalue weighted by molar-refractivity contribution is 0.145. The van der Waals surface area contributed by atoms with Gasteiger partial charge in [-0.2, -0.15) is 0 Å². The summed E-state index contributed by atoms with van der Waals surface area (Å²) in [5, 5.41) is 4.79. The maximum absolute atomic E-state index is 11.9. The van der Waals surface area contributed by atoms with E-state index in [0.717, 1.165) is 12.0 Å². The Hall–Kier alpha value is -0.480. The molecule has 0 amide bonds. The molecule has 0 unspecified atom stereocenters. The largest absolute Gasteiger partial charge is 0.307 e. The second-order valence-electron chi connectivity index (χ2n) is 3.17. The van der Waals surface area contributed by atoms with Crippen LogP contribution in [0.4, 0.5) is 8.78 Å². The predicted octanol–water partition coefficient (Wildman–Crippen LogP) is 2.97. The Labute approximate surface area is 87.1 Å². The highest BCUT2D eigenvalue weighted by Crippen LogP contribution is 2.21. The molecular weight excluding hydrogens is 204 g/mol. The normalized spacial score (nSPS) is 11.2. The fourth-order valence-electron chi connectivity index (χ4n) is 1.47. The van der Waals surface area contributed by atoms with E-state index in [-0.39, 0.29) is 6.54 Å². The van der Waals surface area contributed by atoms with Gasteiger partial charge in [-0.1, -0.05) is 6.92 Å². The first-order valence-electron chi connectivity index (χ1n) is 4.69. The fraction of sp³-hybridized carbons (Fsp3) is 0.600. The maximum atomic E-state index is 11.9. The molecule has 14 heavy (non-hydrogen) atoms. The van der Waals surface area contributed by atoms with Crippen molar-refractivity contribution in [1.29, 1.82) is 0 Å². The van der Waals surface area contributed by atoms with Crippen molar-refractivity contribution in [3.63, 3.8) is 0 Å². The van der Waals surface area contributed by atoms with Crippen LogP contribution in [0.25, 0.3) is 0 Å². The van der Waals surface area contributed by atoms with Crippen molar-refractivity contribution in [2.45, 2.75) is 33.2 Å². The van der Waals surface area contributed by atoms with Crippen molar-refractivity contribution >= 4 is 11.3 Å². The summed E-state index contributed by atoms with van der Waals surface area (Å²) in [4.78, 5) is 1.29. The van der Waals surface area contributed by atoms with Crippen LogP contribution in [0.2, 0.25) is 0 Å². The van der Waals surface area contributed by atoms with E-state index in [1.807, 2.05) is 5.38 Å². The lowest BCUT2D eigenvalue weighted by Crippen LogP contribution is -2.20. The second-order valence-corrected chi connectivity index (χ2v) is 4.25. The summed E-state index contributed by atoms with van der Waals surface area (Å²) in [6.07, 6.45) is -1.29. The molecule has 0 atom stereocenters. The minimum Gasteiger partial charge on any atom is -0.307 e. The Morgan fingerprint density at radius 1 is 1.50 bits per heavy atom. The van der Waals surface area contributed by atoms with Crippen molar-refractivity contribution in [2.24, 2.45) is 0 Å². The molecule has 4 heteroatoms. The summed E-state index contributed by atoms with van der Waals surface area (Å²) in [7, 11) is 0. The molecule has 0 bridgehead atoms. The molecule has 1 N–H and O–H groups in total. The molecule has 1 aromatic heterocycles. The van der Waals surface area contributed by atoms with Crippen molar-refractivity contribution in [3.8, 4) is 0 Å². The third-order valence-corrected chi connectivity index (χ3v) is 3.16. The van der Waals surface area contributed by atoms with Crippen molar-refractivity contribution in [3.05, 3.63) is 21.4 Å². The summed E-state index contributed by atoms with van der Waals surface area (Å²) >= 11 is 1.69. The van der Waals surface area contributed by atoms with E-state index in [1.165, 1.54) is 10.4 Å². The van der Waals surface area contributed by atoms with Gasteiger partial charge in [0.15, 0.2) is 0 Å². The highest BCUT2D eigenvalue weighted by molar-refractivity contribution is 7.10. The standard InChI is InChI=1S/C10H15F2NS/c1-3-9-7(2)14-6-8(9)4-13-5-10(11)12/h6,10,13H,3-5H2,1-2H3. The van der Waals surface area contributed by atoms with Crippen molar-refractivity contribution in [2.75, 3.05) is 6.54 Å². The van der Waals surface area contributed by atoms with Crippen LogP contribution >= 0.6 is 11.3 Å². The Balaban J connectivity index is 2.50. The van der Waals surface area contributed by atoms with Gasteiger partial charge < -0.3 is 5.32 Å². The van der Waals surface area contributed by atoms with Crippen LogP contribution in [0.15, 0.2) is 5.38 Å². The van der Waals surface area contributed by atoms with E-state index in [2.05, 4.69) is 19.2 Å². The van der Waals surface area contributed by atoms with Crippen LogP contribution < -0.4 is 5.32 Å². The molecule has 1 heterocycles. The minimum atomic E-state index is -2.26. The number of hydrogen-bond acceptors (Lipinski definition) is 2. The molecule has 1 rings (SSSR count). The number of nitrogens with one attached hydrogen (secondary N) is 1. The molecule has 0 aliphatic heterocycles. The predicted molar refractivity (Wildman–Crippen MR) is 56.1 cm³/mol. The summed E-state index contributed by atoms with van der Waals surface area (Å²) in [6.45, 7) is 4.49. The van der Waals surface area contributed by atoms with Crippen LogP contribution in [0.3, 0.4) is 0 Å². The molecule has 1 aromatic rings.